The molecule has 0 aliphatic heterocycles. The molecule has 2 nitrogen and oxygen atoms in total. The zero-order valence-electron chi connectivity index (χ0n) is 9.10. The van der Waals surface area contributed by atoms with Crippen LogP contribution in [0.25, 0.3) is 0 Å². The lowest BCUT2D eigenvalue weighted by Crippen LogP contribution is -1.95. The number of rotatable bonds is 4. The summed E-state index contributed by atoms with van der Waals surface area (Å²) < 4.78 is 18.4. The first-order chi connectivity index (χ1) is 8.28. The number of ether oxygens (including phenoxy) is 1. The summed E-state index contributed by atoms with van der Waals surface area (Å²) in [5, 5.41) is 0. The number of aldehydes is 1. The van der Waals surface area contributed by atoms with Gasteiger partial charge in [0.15, 0.2) is 0 Å². The van der Waals surface area contributed by atoms with Crippen LogP contribution in [0.15, 0.2) is 48.5 Å². The van der Waals surface area contributed by atoms with Gasteiger partial charge in [0.1, 0.15) is 24.5 Å². The fourth-order valence-corrected chi connectivity index (χ4v) is 1.44. The monoisotopic (exact) mass is 230 g/mol. The third-order valence-electron chi connectivity index (χ3n) is 2.31. The Labute approximate surface area is 98.7 Å². The smallest absolute Gasteiger partial charge is 0.150 e. The molecular formula is C14H11FO2. The van der Waals surface area contributed by atoms with E-state index in [1.807, 2.05) is 0 Å². The summed E-state index contributed by atoms with van der Waals surface area (Å²) in [6.45, 7) is 0.304. The van der Waals surface area contributed by atoms with Crippen LogP contribution < -0.4 is 4.74 Å². The number of benzene rings is 2. The standard InChI is InChI=1S/C14H11FO2/c15-13-3-1-2-12(8-13)10-17-14-6-4-11(9-16)5-7-14/h1-9H,10H2. The summed E-state index contributed by atoms with van der Waals surface area (Å²) >= 11 is 0. The predicted molar refractivity (Wildman–Crippen MR) is 62.6 cm³/mol. The van der Waals surface area contributed by atoms with E-state index in [4.69, 9.17) is 4.74 Å². The normalized spacial score (nSPS) is 9.94. The second-order valence-electron chi connectivity index (χ2n) is 3.61. The van der Waals surface area contributed by atoms with E-state index in [1.165, 1.54) is 12.1 Å². The van der Waals surface area contributed by atoms with Gasteiger partial charge in [0.25, 0.3) is 0 Å². The van der Waals surface area contributed by atoms with Crippen molar-refractivity contribution in [2.75, 3.05) is 0 Å². The van der Waals surface area contributed by atoms with Crippen molar-refractivity contribution in [2.24, 2.45) is 0 Å². The van der Waals surface area contributed by atoms with E-state index in [-0.39, 0.29) is 5.82 Å². The highest BCUT2D eigenvalue weighted by atomic mass is 19.1. The first kappa shape index (κ1) is 11.3. The molecule has 0 saturated carbocycles. The van der Waals surface area contributed by atoms with Crippen LogP contribution >= 0.6 is 0 Å². The van der Waals surface area contributed by atoms with Gasteiger partial charge in [-0.15, -0.1) is 0 Å². The highest BCUT2D eigenvalue weighted by molar-refractivity contribution is 5.74. The van der Waals surface area contributed by atoms with Crippen molar-refractivity contribution >= 4 is 6.29 Å². The number of carbonyl (C=O) groups excluding carboxylic acids is 1. The van der Waals surface area contributed by atoms with Crippen molar-refractivity contribution in [3.63, 3.8) is 0 Å². The first-order valence-electron chi connectivity index (χ1n) is 5.20. The van der Waals surface area contributed by atoms with Gasteiger partial charge in [0.05, 0.1) is 0 Å². The summed E-state index contributed by atoms with van der Waals surface area (Å²) in [7, 11) is 0. The van der Waals surface area contributed by atoms with Gasteiger partial charge in [-0.05, 0) is 42.0 Å². The summed E-state index contributed by atoms with van der Waals surface area (Å²) in [5.41, 5.74) is 1.37. The minimum absolute atomic E-state index is 0.276. The third kappa shape index (κ3) is 3.14. The van der Waals surface area contributed by atoms with Gasteiger partial charge in [-0.1, -0.05) is 12.1 Å². The van der Waals surface area contributed by atoms with Crippen LogP contribution in [-0.4, -0.2) is 6.29 Å². The molecule has 0 spiro atoms. The minimum atomic E-state index is -0.276. The Morgan fingerprint density at radius 3 is 2.53 bits per heavy atom. The maximum Gasteiger partial charge on any atom is 0.150 e. The molecule has 0 heterocycles. The maximum absolute atomic E-state index is 12.9. The van der Waals surface area contributed by atoms with Crippen LogP contribution in [0.5, 0.6) is 5.75 Å². The second kappa shape index (κ2) is 5.25. The molecule has 0 atom stereocenters. The zero-order chi connectivity index (χ0) is 12.1. The van der Waals surface area contributed by atoms with Gasteiger partial charge in [-0.3, -0.25) is 4.79 Å². The van der Waals surface area contributed by atoms with Gasteiger partial charge in [-0.25, -0.2) is 4.39 Å². The Morgan fingerprint density at radius 1 is 1.12 bits per heavy atom. The molecule has 0 amide bonds. The van der Waals surface area contributed by atoms with Crippen molar-refractivity contribution in [2.45, 2.75) is 6.61 Å². The first-order valence-corrected chi connectivity index (χ1v) is 5.20. The van der Waals surface area contributed by atoms with Gasteiger partial charge >= 0.3 is 0 Å². The lowest BCUT2D eigenvalue weighted by molar-refractivity contribution is 0.112. The number of hydrogen-bond acceptors (Lipinski definition) is 2. The van der Waals surface area contributed by atoms with Gasteiger partial charge in [-0.2, -0.15) is 0 Å². The van der Waals surface area contributed by atoms with Crippen LogP contribution in [0.3, 0.4) is 0 Å². The highest BCUT2D eigenvalue weighted by Crippen LogP contribution is 2.13. The molecule has 2 aromatic rings. The van der Waals surface area contributed by atoms with E-state index in [1.54, 1.807) is 36.4 Å². The van der Waals surface area contributed by atoms with E-state index in [2.05, 4.69) is 0 Å². The molecule has 0 saturated heterocycles. The van der Waals surface area contributed by atoms with Crippen molar-refractivity contribution in [1.29, 1.82) is 0 Å². The van der Waals surface area contributed by atoms with E-state index in [0.717, 1.165) is 11.8 Å². The number of halogens is 1. The van der Waals surface area contributed by atoms with Crippen LogP contribution in [0, 0.1) is 5.82 Å². The Bertz CT molecular complexity index is 506. The average molecular weight is 230 g/mol. The molecule has 2 aromatic carbocycles. The minimum Gasteiger partial charge on any atom is -0.489 e. The lowest BCUT2D eigenvalue weighted by atomic mass is 10.2. The molecule has 17 heavy (non-hydrogen) atoms. The molecule has 2 rings (SSSR count). The van der Waals surface area contributed by atoms with Crippen LogP contribution in [0.2, 0.25) is 0 Å². The van der Waals surface area contributed by atoms with Crippen molar-refractivity contribution < 1.29 is 13.9 Å². The van der Waals surface area contributed by atoms with Crippen LogP contribution in [0.1, 0.15) is 15.9 Å². The van der Waals surface area contributed by atoms with Gasteiger partial charge in [0, 0.05) is 5.56 Å². The Balaban J connectivity index is 1.99. The molecule has 0 unspecified atom stereocenters. The lowest BCUT2D eigenvalue weighted by Gasteiger charge is -2.06. The molecule has 0 aliphatic rings. The fraction of sp³-hybridized carbons (Fsp3) is 0.0714. The highest BCUT2D eigenvalue weighted by Gasteiger charge is 1.98. The Morgan fingerprint density at radius 2 is 1.88 bits per heavy atom. The van der Waals surface area contributed by atoms with Crippen molar-refractivity contribution in [3.05, 3.63) is 65.5 Å². The van der Waals surface area contributed by atoms with Gasteiger partial charge in [0.2, 0.25) is 0 Å². The average Bonchev–Trinajstić information content (AvgIpc) is 2.37. The van der Waals surface area contributed by atoms with Gasteiger partial charge < -0.3 is 4.74 Å². The largest absolute Gasteiger partial charge is 0.489 e. The topological polar surface area (TPSA) is 26.3 Å². The molecule has 86 valence electrons. The van der Waals surface area contributed by atoms with E-state index in [0.29, 0.717) is 17.9 Å². The van der Waals surface area contributed by atoms with Crippen LogP contribution in [0.4, 0.5) is 4.39 Å². The SMILES string of the molecule is O=Cc1ccc(OCc2cccc(F)c2)cc1. The molecular weight excluding hydrogens is 219 g/mol. The molecule has 3 heteroatoms. The molecule has 0 bridgehead atoms. The fourth-order valence-electron chi connectivity index (χ4n) is 1.44. The van der Waals surface area contributed by atoms with Crippen molar-refractivity contribution in [1.82, 2.24) is 0 Å². The molecule has 0 aliphatic carbocycles. The molecule has 0 fully saturated rings. The van der Waals surface area contributed by atoms with Crippen LogP contribution in [-0.2, 0) is 6.61 Å². The summed E-state index contributed by atoms with van der Waals surface area (Å²) in [6.07, 6.45) is 0.774. The van der Waals surface area contributed by atoms with E-state index < -0.39 is 0 Å². The van der Waals surface area contributed by atoms with Crippen molar-refractivity contribution in [3.8, 4) is 5.75 Å². The summed E-state index contributed by atoms with van der Waals surface area (Å²) in [4.78, 5) is 10.5. The summed E-state index contributed by atoms with van der Waals surface area (Å²) in [5.74, 6) is 0.377. The number of hydrogen-bond donors (Lipinski definition) is 0. The zero-order valence-corrected chi connectivity index (χ0v) is 9.10. The van der Waals surface area contributed by atoms with E-state index >= 15 is 0 Å². The Hall–Kier alpha value is -2.16. The maximum atomic E-state index is 12.9. The quantitative estimate of drug-likeness (QED) is 0.754. The Kier molecular flexibility index (Phi) is 3.50. The predicted octanol–water partition coefficient (Wildman–Crippen LogP) is 3.22. The summed E-state index contributed by atoms with van der Waals surface area (Å²) in [6, 6.07) is 13.0. The van der Waals surface area contributed by atoms with E-state index in [9.17, 15) is 9.18 Å². The number of carbonyl (C=O) groups is 1. The molecule has 0 radical (unpaired) electrons. The molecule has 0 N–H and O–H groups in total. The third-order valence-corrected chi connectivity index (χ3v) is 2.31. The second-order valence-corrected chi connectivity index (χ2v) is 3.61. The molecule has 0 aromatic heterocycles.